The lowest BCUT2D eigenvalue weighted by Gasteiger charge is -2.06. The van der Waals surface area contributed by atoms with Crippen molar-refractivity contribution in [2.45, 2.75) is 13.3 Å². The zero-order valence-electron chi connectivity index (χ0n) is 6.88. The number of alkyl halides is 2. The first-order valence-electron chi connectivity index (χ1n) is 3.51. The number of nitrogens with zero attached hydrogens (tertiary/aromatic N) is 2. The molecule has 0 aliphatic rings. The second-order valence-corrected chi connectivity index (χ2v) is 2.52. The number of hydrogen-bond donors (Lipinski definition) is 1. The standard InChI is InChI=1S/C8H7F2N3/c1-4-6(7(9)10)2-5(3-11)13-8(4)12/h2,7H,1H3,(H2,12,13). The average Bonchev–Trinajstić information content (AvgIpc) is 2.09. The van der Waals surface area contributed by atoms with Gasteiger partial charge in [0.2, 0.25) is 0 Å². The van der Waals surface area contributed by atoms with Crippen LogP contribution in [0.25, 0.3) is 0 Å². The second-order valence-electron chi connectivity index (χ2n) is 2.52. The molecule has 0 fully saturated rings. The van der Waals surface area contributed by atoms with Crippen LogP contribution in [0.1, 0.15) is 23.2 Å². The Balaban J connectivity index is 3.35. The highest BCUT2D eigenvalue weighted by molar-refractivity contribution is 5.47. The van der Waals surface area contributed by atoms with Crippen molar-refractivity contribution in [1.29, 1.82) is 5.26 Å². The molecule has 0 saturated carbocycles. The van der Waals surface area contributed by atoms with Gasteiger partial charge in [0, 0.05) is 11.1 Å². The van der Waals surface area contributed by atoms with Gasteiger partial charge in [0.25, 0.3) is 6.43 Å². The Kier molecular flexibility index (Phi) is 2.42. The molecule has 0 atom stereocenters. The number of nitriles is 1. The fraction of sp³-hybridized carbons (Fsp3) is 0.250. The van der Waals surface area contributed by atoms with E-state index in [-0.39, 0.29) is 22.6 Å². The monoisotopic (exact) mass is 183 g/mol. The number of aromatic nitrogens is 1. The van der Waals surface area contributed by atoms with E-state index in [1.165, 1.54) is 6.92 Å². The third-order valence-corrected chi connectivity index (χ3v) is 1.70. The van der Waals surface area contributed by atoms with E-state index < -0.39 is 6.43 Å². The fourth-order valence-corrected chi connectivity index (χ4v) is 0.933. The number of halogens is 2. The zero-order valence-corrected chi connectivity index (χ0v) is 6.88. The minimum absolute atomic E-state index is 0.0191. The summed E-state index contributed by atoms with van der Waals surface area (Å²) in [4.78, 5) is 3.62. The topological polar surface area (TPSA) is 62.7 Å². The van der Waals surface area contributed by atoms with Gasteiger partial charge in [-0.05, 0) is 13.0 Å². The lowest BCUT2D eigenvalue weighted by Crippen LogP contribution is -2.01. The van der Waals surface area contributed by atoms with Crippen LogP contribution >= 0.6 is 0 Å². The Labute approximate surface area is 73.8 Å². The number of hydrogen-bond acceptors (Lipinski definition) is 3. The molecule has 0 amide bonds. The lowest BCUT2D eigenvalue weighted by atomic mass is 10.1. The summed E-state index contributed by atoms with van der Waals surface area (Å²) in [5.74, 6) is -0.0191. The lowest BCUT2D eigenvalue weighted by molar-refractivity contribution is 0.150. The Morgan fingerprint density at radius 3 is 2.69 bits per heavy atom. The summed E-state index contributed by atoms with van der Waals surface area (Å²) in [7, 11) is 0. The number of nitrogens with two attached hydrogens (primary N) is 1. The van der Waals surface area contributed by atoms with E-state index in [1.54, 1.807) is 6.07 Å². The molecule has 5 heteroatoms. The predicted octanol–water partition coefficient (Wildman–Crippen LogP) is 1.78. The van der Waals surface area contributed by atoms with Gasteiger partial charge in [-0.1, -0.05) is 0 Å². The number of anilines is 1. The van der Waals surface area contributed by atoms with Crippen LogP contribution in [0.5, 0.6) is 0 Å². The van der Waals surface area contributed by atoms with Crippen molar-refractivity contribution in [1.82, 2.24) is 4.98 Å². The molecule has 0 spiro atoms. The molecule has 1 aromatic rings. The Bertz CT molecular complexity index is 368. The molecule has 0 unspecified atom stereocenters. The summed E-state index contributed by atoms with van der Waals surface area (Å²) in [6.07, 6.45) is -2.63. The summed E-state index contributed by atoms with van der Waals surface area (Å²) >= 11 is 0. The summed E-state index contributed by atoms with van der Waals surface area (Å²) < 4.78 is 24.7. The minimum Gasteiger partial charge on any atom is -0.383 e. The molecular weight excluding hydrogens is 176 g/mol. The van der Waals surface area contributed by atoms with Crippen LogP contribution in [0.2, 0.25) is 0 Å². The fourth-order valence-electron chi connectivity index (χ4n) is 0.933. The maximum Gasteiger partial charge on any atom is 0.264 e. The van der Waals surface area contributed by atoms with Crippen LogP contribution in [-0.4, -0.2) is 4.98 Å². The molecule has 13 heavy (non-hydrogen) atoms. The highest BCUT2D eigenvalue weighted by atomic mass is 19.3. The largest absolute Gasteiger partial charge is 0.383 e. The Hall–Kier alpha value is -1.70. The summed E-state index contributed by atoms with van der Waals surface area (Å²) in [5, 5.41) is 8.45. The van der Waals surface area contributed by atoms with E-state index in [9.17, 15) is 8.78 Å². The van der Waals surface area contributed by atoms with E-state index in [1.807, 2.05) is 0 Å². The van der Waals surface area contributed by atoms with Gasteiger partial charge >= 0.3 is 0 Å². The van der Waals surface area contributed by atoms with Gasteiger partial charge in [-0.25, -0.2) is 13.8 Å². The predicted molar refractivity (Wildman–Crippen MR) is 43.1 cm³/mol. The van der Waals surface area contributed by atoms with Crippen molar-refractivity contribution in [3.8, 4) is 6.07 Å². The van der Waals surface area contributed by atoms with Gasteiger partial charge in [-0.3, -0.25) is 0 Å². The molecular formula is C8H7F2N3. The SMILES string of the molecule is Cc1c(C(F)F)cc(C#N)nc1N. The van der Waals surface area contributed by atoms with Crippen molar-refractivity contribution in [3.63, 3.8) is 0 Å². The van der Waals surface area contributed by atoms with Crippen LogP contribution in [-0.2, 0) is 0 Å². The normalized spacial score (nSPS) is 10.1. The zero-order chi connectivity index (χ0) is 10.0. The highest BCUT2D eigenvalue weighted by Gasteiger charge is 2.14. The van der Waals surface area contributed by atoms with Crippen LogP contribution in [0, 0.1) is 18.3 Å². The third kappa shape index (κ3) is 1.72. The molecule has 2 N–H and O–H groups in total. The molecule has 0 bridgehead atoms. The van der Waals surface area contributed by atoms with Crippen LogP contribution in [0.4, 0.5) is 14.6 Å². The van der Waals surface area contributed by atoms with Crippen LogP contribution < -0.4 is 5.73 Å². The summed E-state index contributed by atoms with van der Waals surface area (Å²) in [5.41, 5.74) is 5.25. The Morgan fingerprint density at radius 1 is 1.62 bits per heavy atom. The van der Waals surface area contributed by atoms with Crippen LogP contribution in [0.15, 0.2) is 6.07 Å². The van der Waals surface area contributed by atoms with Crippen molar-refractivity contribution >= 4 is 5.82 Å². The first-order valence-corrected chi connectivity index (χ1v) is 3.51. The van der Waals surface area contributed by atoms with E-state index >= 15 is 0 Å². The van der Waals surface area contributed by atoms with E-state index in [2.05, 4.69) is 4.98 Å². The molecule has 0 saturated heterocycles. The average molecular weight is 183 g/mol. The van der Waals surface area contributed by atoms with E-state index in [0.717, 1.165) is 6.07 Å². The van der Waals surface area contributed by atoms with Crippen molar-refractivity contribution in [2.75, 3.05) is 5.73 Å². The molecule has 1 rings (SSSR count). The molecule has 0 aromatic carbocycles. The van der Waals surface area contributed by atoms with Crippen molar-refractivity contribution in [3.05, 3.63) is 22.9 Å². The minimum atomic E-state index is -2.63. The first kappa shape index (κ1) is 9.39. The molecule has 1 aromatic heterocycles. The van der Waals surface area contributed by atoms with Gasteiger partial charge in [-0.2, -0.15) is 5.26 Å². The first-order chi connectivity index (χ1) is 6.06. The molecule has 0 aliphatic heterocycles. The van der Waals surface area contributed by atoms with Gasteiger partial charge in [0.05, 0.1) is 0 Å². The van der Waals surface area contributed by atoms with Gasteiger partial charge in [-0.15, -0.1) is 0 Å². The molecule has 0 aliphatic carbocycles. The molecule has 68 valence electrons. The van der Waals surface area contributed by atoms with Crippen LogP contribution in [0.3, 0.4) is 0 Å². The van der Waals surface area contributed by atoms with Gasteiger partial charge in [0.15, 0.2) is 0 Å². The smallest absolute Gasteiger partial charge is 0.264 e. The number of nitrogen functional groups attached to an aromatic ring is 1. The molecule has 1 heterocycles. The Morgan fingerprint density at radius 2 is 2.23 bits per heavy atom. The maximum atomic E-state index is 12.3. The summed E-state index contributed by atoms with van der Waals surface area (Å²) in [6.45, 7) is 1.45. The molecule has 0 radical (unpaired) electrons. The van der Waals surface area contributed by atoms with Crippen molar-refractivity contribution in [2.24, 2.45) is 0 Å². The second kappa shape index (κ2) is 3.35. The number of pyridine rings is 1. The number of rotatable bonds is 1. The quantitative estimate of drug-likeness (QED) is 0.721. The third-order valence-electron chi connectivity index (χ3n) is 1.70. The molecule has 3 nitrogen and oxygen atoms in total. The maximum absolute atomic E-state index is 12.3. The highest BCUT2D eigenvalue weighted by Crippen LogP contribution is 2.25. The van der Waals surface area contributed by atoms with Crippen molar-refractivity contribution < 1.29 is 8.78 Å². The summed E-state index contributed by atoms with van der Waals surface area (Å²) in [6, 6.07) is 2.72. The van der Waals surface area contributed by atoms with Gasteiger partial charge in [0.1, 0.15) is 17.6 Å². The van der Waals surface area contributed by atoms with E-state index in [4.69, 9.17) is 11.0 Å². The van der Waals surface area contributed by atoms with Gasteiger partial charge < -0.3 is 5.73 Å². The van der Waals surface area contributed by atoms with E-state index in [0.29, 0.717) is 0 Å².